The molecule has 0 spiro atoms. The lowest BCUT2D eigenvalue weighted by Crippen LogP contribution is -2.47. The minimum atomic E-state index is -0.692. The molecule has 6 nitrogen and oxygen atoms in total. The number of hydrogen-bond donors (Lipinski definition) is 3. The van der Waals surface area contributed by atoms with Gasteiger partial charge in [-0.3, -0.25) is 4.79 Å². The van der Waals surface area contributed by atoms with E-state index >= 15 is 0 Å². The van der Waals surface area contributed by atoms with E-state index in [1.807, 2.05) is 67.6 Å². The monoisotopic (exact) mass is 369 g/mol. The fourth-order valence-corrected chi connectivity index (χ4v) is 2.64. The summed E-state index contributed by atoms with van der Waals surface area (Å²) in [5, 5.41) is 5.58. The maximum atomic E-state index is 12.6. The van der Waals surface area contributed by atoms with Gasteiger partial charge in [-0.2, -0.15) is 0 Å². The summed E-state index contributed by atoms with van der Waals surface area (Å²) in [6.45, 7) is 2.50. The molecule has 0 aliphatic rings. The molecule has 0 aromatic heterocycles. The zero-order chi connectivity index (χ0) is 19.5. The summed E-state index contributed by atoms with van der Waals surface area (Å²) in [5.41, 5.74) is 7.44. The molecule has 0 radical (unpaired) electrons. The first-order valence-electron chi connectivity index (χ1n) is 9.12. The third-order valence-electron chi connectivity index (χ3n) is 4.18. The molecule has 0 fully saturated rings. The second kappa shape index (κ2) is 11.0. The third kappa shape index (κ3) is 7.11. The predicted molar refractivity (Wildman–Crippen MR) is 105 cm³/mol. The van der Waals surface area contributed by atoms with Gasteiger partial charge in [0.1, 0.15) is 12.6 Å². The summed E-state index contributed by atoms with van der Waals surface area (Å²) >= 11 is 0. The molecule has 6 heteroatoms. The Morgan fingerprint density at radius 2 is 1.63 bits per heavy atom. The van der Waals surface area contributed by atoms with Gasteiger partial charge in [-0.25, -0.2) is 4.79 Å². The standard InChI is InChI=1S/C21H27N3O3/c1-16(18-11-6-3-7-12-18)23-20(25)19(13-8-14-22)24-21(26)27-15-17-9-4-2-5-10-17/h2-7,9-12,16,19H,8,13-15,22H2,1H3,(H,23,25)(H,24,26)/t16?,19-/m1/s1. The molecule has 144 valence electrons. The van der Waals surface area contributed by atoms with Gasteiger partial charge >= 0.3 is 6.09 Å². The van der Waals surface area contributed by atoms with Gasteiger partial charge in [0.25, 0.3) is 0 Å². The van der Waals surface area contributed by atoms with Crippen molar-refractivity contribution in [3.05, 3.63) is 71.8 Å². The van der Waals surface area contributed by atoms with E-state index in [1.54, 1.807) is 0 Å². The molecule has 2 aromatic carbocycles. The van der Waals surface area contributed by atoms with Crippen molar-refractivity contribution >= 4 is 12.0 Å². The van der Waals surface area contributed by atoms with E-state index in [0.717, 1.165) is 11.1 Å². The van der Waals surface area contributed by atoms with Gasteiger partial charge in [-0.1, -0.05) is 60.7 Å². The average molecular weight is 369 g/mol. The van der Waals surface area contributed by atoms with Crippen LogP contribution < -0.4 is 16.4 Å². The zero-order valence-electron chi connectivity index (χ0n) is 15.6. The second-order valence-electron chi connectivity index (χ2n) is 6.33. The summed E-state index contributed by atoms with van der Waals surface area (Å²) in [6, 6.07) is 18.2. The van der Waals surface area contributed by atoms with Gasteiger partial charge in [0.15, 0.2) is 0 Å². The molecule has 2 amide bonds. The van der Waals surface area contributed by atoms with Gasteiger partial charge in [-0.15, -0.1) is 0 Å². The molecule has 0 aliphatic carbocycles. The first kappa shape index (κ1) is 20.5. The van der Waals surface area contributed by atoms with Crippen LogP contribution in [-0.2, 0) is 16.1 Å². The highest BCUT2D eigenvalue weighted by molar-refractivity contribution is 5.85. The predicted octanol–water partition coefficient (Wildman–Crippen LogP) is 2.90. The van der Waals surface area contributed by atoms with Crippen LogP contribution >= 0.6 is 0 Å². The van der Waals surface area contributed by atoms with Crippen LogP contribution in [0.5, 0.6) is 0 Å². The van der Waals surface area contributed by atoms with Crippen molar-refractivity contribution in [3.8, 4) is 0 Å². The van der Waals surface area contributed by atoms with Gasteiger partial charge in [0.2, 0.25) is 5.91 Å². The summed E-state index contributed by atoms with van der Waals surface area (Å²) in [7, 11) is 0. The van der Waals surface area contributed by atoms with Crippen LogP contribution in [0.2, 0.25) is 0 Å². The molecule has 1 unspecified atom stereocenters. The smallest absolute Gasteiger partial charge is 0.408 e. The second-order valence-corrected chi connectivity index (χ2v) is 6.33. The molecule has 27 heavy (non-hydrogen) atoms. The van der Waals surface area contributed by atoms with Crippen molar-refractivity contribution in [2.24, 2.45) is 5.73 Å². The van der Waals surface area contributed by atoms with E-state index in [1.165, 1.54) is 0 Å². The molecule has 0 saturated carbocycles. The zero-order valence-corrected chi connectivity index (χ0v) is 15.6. The van der Waals surface area contributed by atoms with Crippen LogP contribution in [0.4, 0.5) is 4.79 Å². The normalized spacial score (nSPS) is 12.7. The largest absolute Gasteiger partial charge is 0.445 e. The van der Waals surface area contributed by atoms with Gasteiger partial charge < -0.3 is 21.1 Å². The van der Waals surface area contributed by atoms with Crippen molar-refractivity contribution in [2.45, 2.75) is 38.5 Å². The van der Waals surface area contributed by atoms with Gasteiger partial charge in [0.05, 0.1) is 6.04 Å². The summed E-state index contributed by atoms with van der Waals surface area (Å²) in [6.07, 6.45) is 0.449. The van der Waals surface area contributed by atoms with Crippen LogP contribution in [0.3, 0.4) is 0 Å². The summed E-state index contributed by atoms with van der Waals surface area (Å²) in [4.78, 5) is 24.7. The number of carbonyl (C=O) groups excluding carboxylic acids is 2. The molecular weight excluding hydrogens is 342 g/mol. The number of rotatable bonds is 9. The molecular formula is C21H27N3O3. The lowest BCUT2D eigenvalue weighted by Gasteiger charge is -2.21. The molecule has 0 saturated heterocycles. The first-order chi connectivity index (χ1) is 13.1. The average Bonchev–Trinajstić information content (AvgIpc) is 2.70. The SMILES string of the molecule is CC(NC(=O)[C@@H](CCCN)NC(=O)OCc1ccccc1)c1ccccc1. The van der Waals surface area contributed by atoms with Crippen molar-refractivity contribution in [1.82, 2.24) is 10.6 Å². The minimum Gasteiger partial charge on any atom is -0.445 e. The first-order valence-corrected chi connectivity index (χ1v) is 9.12. The molecule has 0 bridgehead atoms. The maximum absolute atomic E-state index is 12.6. The number of carbonyl (C=O) groups is 2. The summed E-state index contributed by atoms with van der Waals surface area (Å²) < 4.78 is 5.22. The van der Waals surface area contributed by atoms with E-state index in [2.05, 4.69) is 10.6 Å². The molecule has 0 aliphatic heterocycles. The lowest BCUT2D eigenvalue weighted by molar-refractivity contribution is -0.123. The van der Waals surface area contributed by atoms with Crippen molar-refractivity contribution in [2.75, 3.05) is 6.54 Å². The Morgan fingerprint density at radius 3 is 2.26 bits per heavy atom. The molecule has 2 rings (SSSR count). The Balaban J connectivity index is 1.90. The maximum Gasteiger partial charge on any atom is 0.408 e. The van der Waals surface area contributed by atoms with Crippen molar-refractivity contribution in [3.63, 3.8) is 0 Å². The lowest BCUT2D eigenvalue weighted by atomic mass is 10.1. The van der Waals surface area contributed by atoms with Crippen LogP contribution in [0.15, 0.2) is 60.7 Å². The van der Waals surface area contributed by atoms with Crippen LogP contribution in [-0.4, -0.2) is 24.6 Å². The number of hydrogen-bond acceptors (Lipinski definition) is 4. The number of amides is 2. The molecule has 4 N–H and O–H groups in total. The van der Waals surface area contributed by atoms with E-state index in [-0.39, 0.29) is 18.6 Å². The Hall–Kier alpha value is -2.86. The highest BCUT2D eigenvalue weighted by atomic mass is 16.5. The van der Waals surface area contributed by atoms with Crippen LogP contribution in [0, 0.1) is 0 Å². The van der Waals surface area contributed by atoms with E-state index in [9.17, 15) is 9.59 Å². The fraction of sp³-hybridized carbons (Fsp3) is 0.333. The van der Waals surface area contributed by atoms with Crippen LogP contribution in [0.25, 0.3) is 0 Å². The third-order valence-corrected chi connectivity index (χ3v) is 4.18. The van der Waals surface area contributed by atoms with Crippen LogP contribution in [0.1, 0.15) is 36.9 Å². The minimum absolute atomic E-state index is 0.151. The van der Waals surface area contributed by atoms with Gasteiger partial charge in [0, 0.05) is 0 Å². The Kier molecular flexibility index (Phi) is 8.32. The number of ether oxygens (including phenoxy) is 1. The van der Waals surface area contributed by atoms with E-state index in [0.29, 0.717) is 19.4 Å². The number of benzene rings is 2. The number of nitrogens with two attached hydrogens (primary N) is 1. The topological polar surface area (TPSA) is 93.5 Å². The van der Waals surface area contributed by atoms with Crippen molar-refractivity contribution in [1.29, 1.82) is 0 Å². The summed E-state index contributed by atoms with van der Waals surface area (Å²) in [5.74, 6) is -0.253. The van der Waals surface area contributed by atoms with Crippen molar-refractivity contribution < 1.29 is 14.3 Å². The van der Waals surface area contributed by atoms with E-state index in [4.69, 9.17) is 10.5 Å². The fourth-order valence-electron chi connectivity index (χ4n) is 2.64. The van der Waals surface area contributed by atoms with E-state index < -0.39 is 12.1 Å². The Morgan fingerprint density at radius 1 is 1.00 bits per heavy atom. The van der Waals surface area contributed by atoms with Gasteiger partial charge in [-0.05, 0) is 37.4 Å². The molecule has 0 heterocycles. The number of alkyl carbamates (subject to hydrolysis) is 1. The quantitative estimate of drug-likeness (QED) is 0.633. The Labute approximate surface area is 160 Å². The molecule has 2 atom stereocenters. The Bertz CT molecular complexity index is 707. The highest BCUT2D eigenvalue weighted by Crippen LogP contribution is 2.12. The molecule has 2 aromatic rings. The highest BCUT2D eigenvalue weighted by Gasteiger charge is 2.22. The number of nitrogens with one attached hydrogen (secondary N) is 2.